The summed E-state index contributed by atoms with van der Waals surface area (Å²) >= 11 is 0. The molecule has 0 bridgehead atoms. The van der Waals surface area contributed by atoms with Crippen LogP contribution in [0.2, 0.25) is 18.6 Å². The number of alkyl halides is 4. The minimum Gasteiger partial charge on any atom is -0.410 e. The van der Waals surface area contributed by atoms with E-state index in [2.05, 4.69) is 40.8 Å². The van der Waals surface area contributed by atoms with Crippen LogP contribution in [0.4, 0.5) is 22.0 Å². The van der Waals surface area contributed by atoms with Gasteiger partial charge in [0.15, 0.2) is 14.5 Å². The summed E-state index contributed by atoms with van der Waals surface area (Å²) < 4.78 is 78.7. The lowest BCUT2D eigenvalue weighted by molar-refractivity contribution is -0.137. The standard InChI is InChI=1S/C36H44F5NOSi/c1-7-22(2)44(5,6)43-29-21-35(3,4)20-28-31(29)30(23-14-18-27(37)19-15-23)32(34(42-28)25-10-8-9-11-25)33(38)24-12-16-26(17-13-24)36(39,40)41/h12-19,22,25,29,33H,7-11,20-21H2,1-6H3. The van der Waals surface area contributed by atoms with Crippen molar-refractivity contribution in [2.45, 2.75) is 116 Å². The molecule has 44 heavy (non-hydrogen) atoms. The lowest BCUT2D eigenvalue weighted by atomic mass is 9.71. The van der Waals surface area contributed by atoms with Gasteiger partial charge in [0.2, 0.25) is 0 Å². The second-order valence-corrected chi connectivity index (χ2v) is 18.6. The lowest BCUT2D eigenvalue weighted by Gasteiger charge is -2.43. The maximum Gasteiger partial charge on any atom is 0.416 e. The predicted octanol–water partition coefficient (Wildman–Crippen LogP) is 11.7. The molecule has 2 aromatic carbocycles. The van der Waals surface area contributed by atoms with Crippen LogP contribution in [0.5, 0.6) is 0 Å². The molecular weight excluding hydrogens is 585 g/mol. The number of hydrogen-bond acceptors (Lipinski definition) is 2. The molecular formula is C36H44F5NOSi. The highest BCUT2D eigenvalue weighted by Gasteiger charge is 2.43. The molecule has 1 fully saturated rings. The number of halogens is 5. The Kier molecular flexibility index (Phi) is 9.18. The first-order valence-electron chi connectivity index (χ1n) is 15.9. The number of aromatic nitrogens is 1. The first-order chi connectivity index (χ1) is 20.6. The van der Waals surface area contributed by atoms with E-state index < -0.39 is 32.0 Å². The van der Waals surface area contributed by atoms with Crippen LogP contribution < -0.4 is 0 Å². The summed E-state index contributed by atoms with van der Waals surface area (Å²) in [5.74, 6) is -0.356. The van der Waals surface area contributed by atoms with Gasteiger partial charge in [-0.05, 0) is 90.7 Å². The molecule has 8 heteroatoms. The Hall–Kier alpha value is -2.58. The van der Waals surface area contributed by atoms with Crippen molar-refractivity contribution in [3.8, 4) is 11.1 Å². The van der Waals surface area contributed by atoms with Gasteiger partial charge in [0.1, 0.15) is 5.82 Å². The Bertz CT molecular complexity index is 1460. The van der Waals surface area contributed by atoms with E-state index in [0.717, 1.165) is 61.9 Å². The average molecular weight is 630 g/mol. The van der Waals surface area contributed by atoms with E-state index in [0.29, 0.717) is 34.3 Å². The monoisotopic (exact) mass is 629 g/mol. The second-order valence-electron chi connectivity index (χ2n) is 14.2. The van der Waals surface area contributed by atoms with Crippen molar-refractivity contribution in [1.29, 1.82) is 0 Å². The van der Waals surface area contributed by atoms with Gasteiger partial charge < -0.3 is 4.43 Å². The first kappa shape index (κ1) is 32.8. The van der Waals surface area contributed by atoms with Crippen LogP contribution in [-0.2, 0) is 17.0 Å². The minimum absolute atomic E-state index is 0.0394. The summed E-state index contributed by atoms with van der Waals surface area (Å²) in [7, 11) is -2.22. The Balaban J connectivity index is 1.80. The Labute approximate surface area is 259 Å². The van der Waals surface area contributed by atoms with Crippen LogP contribution >= 0.6 is 0 Å². The minimum atomic E-state index is -4.52. The molecule has 1 heterocycles. The highest BCUT2D eigenvalue weighted by atomic mass is 28.4. The number of pyridine rings is 1. The summed E-state index contributed by atoms with van der Waals surface area (Å²) in [6.07, 6.45) is -0.407. The van der Waals surface area contributed by atoms with Gasteiger partial charge in [-0.25, -0.2) is 8.78 Å². The maximum absolute atomic E-state index is 17.2. The molecule has 2 nitrogen and oxygen atoms in total. The quantitative estimate of drug-likeness (QED) is 0.183. The lowest BCUT2D eigenvalue weighted by Crippen LogP contribution is -2.40. The third-order valence-corrected chi connectivity index (χ3v) is 13.7. The molecule has 0 N–H and O–H groups in total. The Morgan fingerprint density at radius 3 is 2.18 bits per heavy atom. The van der Waals surface area contributed by atoms with Crippen LogP contribution in [0, 0.1) is 11.2 Å². The fraction of sp³-hybridized carbons (Fsp3) is 0.528. The average Bonchev–Trinajstić information content (AvgIpc) is 3.50. The highest BCUT2D eigenvalue weighted by molar-refractivity contribution is 6.72. The largest absolute Gasteiger partial charge is 0.416 e. The number of fused-ring (bicyclic) bond motifs is 1. The topological polar surface area (TPSA) is 22.1 Å². The Morgan fingerprint density at radius 2 is 1.61 bits per heavy atom. The van der Waals surface area contributed by atoms with E-state index >= 15 is 4.39 Å². The van der Waals surface area contributed by atoms with Gasteiger partial charge in [-0.1, -0.05) is 71.2 Å². The molecule has 3 atom stereocenters. The van der Waals surface area contributed by atoms with Crippen molar-refractivity contribution >= 4 is 8.32 Å². The summed E-state index contributed by atoms with van der Waals surface area (Å²) in [5.41, 5.74) is 3.75. The van der Waals surface area contributed by atoms with Gasteiger partial charge in [0, 0.05) is 22.7 Å². The third kappa shape index (κ3) is 6.67. The van der Waals surface area contributed by atoms with Gasteiger partial charge in [-0.15, -0.1) is 0 Å². The molecule has 0 saturated heterocycles. The van der Waals surface area contributed by atoms with Crippen molar-refractivity contribution in [3.63, 3.8) is 0 Å². The molecule has 1 aromatic heterocycles. The number of rotatable bonds is 8. The molecule has 3 aromatic rings. The smallest absolute Gasteiger partial charge is 0.410 e. The fourth-order valence-electron chi connectivity index (χ4n) is 7.07. The molecule has 2 aliphatic rings. The summed E-state index contributed by atoms with van der Waals surface area (Å²) in [6.45, 7) is 13.3. The van der Waals surface area contributed by atoms with Crippen LogP contribution in [0.25, 0.3) is 11.1 Å². The fourth-order valence-corrected chi connectivity index (χ4v) is 9.22. The summed E-state index contributed by atoms with van der Waals surface area (Å²) in [5, 5.41) is 0. The van der Waals surface area contributed by atoms with Crippen molar-refractivity contribution in [2.24, 2.45) is 5.41 Å². The van der Waals surface area contributed by atoms with E-state index in [1.165, 1.54) is 24.3 Å². The van der Waals surface area contributed by atoms with E-state index in [4.69, 9.17) is 9.41 Å². The molecule has 0 aliphatic heterocycles. The SMILES string of the molecule is CCC(C)[Si](C)(C)OC1CC(C)(C)Cc2nc(C3CCCC3)c(C(F)c3ccc(C(F)(F)F)cc3)c(-c3ccc(F)cc3)c21. The number of benzene rings is 2. The molecule has 238 valence electrons. The molecule has 3 unspecified atom stereocenters. The summed E-state index contributed by atoms with van der Waals surface area (Å²) in [4.78, 5) is 5.28. The van der Waals surface area contributed by atoms with E-state index in [9.17, 15) is 17.6 Å². The second kappa shape index (κ2) is 12.3. The van der Waals surface area contributed by atoms with E-state index in [1.807, 2.05) is 0 Å². The van der Waals surface area contributed by atoms with E-state index in [1.54, 1.807) is 12.1 Å². The molecule has 0 spiro atoms. The molecule has 5 rings (SSSR count). The first-order valence-corrected chi connectivity index (χ1v) is 18.9. The molecule has 0 amide bonds. The zero-order valence-corrected chi connectivity index (χ0v) is 27.6. The van der Waals surface area contributed by atoms with E-state index in [-0.39, 0.29) is 23.0 Å². The van der Waals surface area contributed by atoms with Crippen LogP contribution in [0.3, 0.4) is 0 Å². The molecule has 0 radical (unpaired) electrons. The Morgan fingerprint density at radius 1 is 1.00 bits per heavy atom. The third-order valence-electron chi connectivity index (χ3n) is 9.99. The highest BCUT2D eigenvalue weighted by Crippen LogP contribution is 2.53. The van der Waals surface area contributed by atoms with Crippen LogP contribution in [0.1, 0.15) is 118 Å². The zero-order valence-electron chi connectivity index (χ0n) is 26.6. The van der Waals surface area contributed by atoms with Gasteiger partial charge >= 0.3 is 6.18 Å². The van der Waals surface area contributed by atoms with Crippen LogP contribution in [0.15, 0.2) is 48.5 Å². The van der Waals surface area contributed by atoms with Crippen molar-refractivity contribution in [1.82, 2.24) is 4.98 Å². The molecule has 1 saturated carbocycles. The van der Waals surface area contributed by atoms with Gasteiger partial charge in [0.05, 0.1) is 17.4 Å². The maximum atomic E-state index is 17.2. The molecule has 2 aliphatic carbocycles. The number of hydrogen-bond donors (Lipinski definition) is 0. The van der Waals surface area contributed by atoms with Gasteiger partial charge in [-0.3, -0.25) is 4.98 Å². The number of nitrogens with zero attached hydrogens (tertiary/aromatic N) is 1. The van der Waals surface area contributed by atoms with Crippen molar-refractivity contribution < 1.29 is 26.4 Å². The van der Waals surface area contributed by atoms with Gasteiger partial charge in [0.25, 0.3) is 0 Å². The summed E-state index contributed by atoms with van der Waals surface area (Å²) in [6, 6.07) is 10.5. The normalized spacial score (nSPS) is 20.4. The zero-order chi connectivity index (χ0) is 32.0. The van der Waals surface area contributed by atoms with Crippen molar-refractivity contribution in [2.75, 3.05) is 0 Å². The van der Waals surface area contributed by atoms with Gasteiger partial charge in [-0.2, -0.15) is 13.2 Å². The van der Waals surface area contributed by atoms with Crippen molar-refractivity contribution in [3.05, 3.63) is 88.0 Å². The predicted molar refractivity (Wildman–Crippen MR) is 168 cm³/mol. The van der Waals surface area contributed by atoms with Crippen LogP contribution in [-0.4, -0.2) is 13.3 Å².